The van der Waals surface area contributed by atoms with Crippen LogP contribution in [0.4, 0.5) is 0 Å². The molecule has 0 aromatic carbocycles. The van der Waals surface area contributed by atoms with Crippen LogP contribution in [-0.2, 0) is 9.78 Å². The minimum Gasteiger partial charge on any atom is -0.425 e. The second-order valence-electron chi connectivity index (χ2n) is 10.7. The zero-order chi connectivity index (χ0) is 35.8. The van der Waals surface area contributed by atoms with E-state index in [0.717, 1.165) is 10.8 Å². The number of pyridine rings is 3. The normalized spacial score (nSPS) is 10.9. The van der Waals surface area contributed by atoms with E-state index >= 15 is 0 Å². The van der Waals surface area contributed by atoms with Crippen molar-refractivity contribution in [3.8, 4) is 0 Å². The van der Waals surface area contributed by atoms with E-state index < -0.39 is 34.4 Å². The maximum absolute atomic E-state index is 13.3. The topological polar surface area (TPSA) is 205 Å². The van der Waals surface area contributed by atoms with Gasteiger partial charge in [-0.05, 0) is 64.0 Å². The average Bonchev–Trinajstić information content (AvgIpc) is 3.08. The smallest absolute Gasteiger partial charge is 0.286 e. The van der Waals surface area contributed by atoms with Crippen molar-refractivity contribution in [2.45, 2.75) is 25.7 Å². The molecule has 0 fully saturated rings. The number of hydrogen-bond donors (Lipinski definition) is 3. The van der Waals surface area contributed by atoms with Crippen molar-refractivity contribution >= 4 is 17.7 Å². The molecule has 3 amide bonds. The van der Waals surface area contributed by atoms with E-state index in [1.165, 1.54) is 67.7 Å². The lowest BCUT2D eigenvalue weighted by atomic mass is 10.2. The highest BCUT2D eigenvalue weighted by atomic mass is 17.3. The molecular formula is C31H41N7O11. The molecule has 0 saturated carbocycles. The molecule has 18 heteroatoms. The van der Waals surface area contributed by atoms with Crippen LogP contribution in [-0.4, -0.2) is 107 Å². The first-order valence-corrected chi connectivity index (χ1v) is 15.4. The largest absolute Gasteiger partial charge is 0.425 e. The number of carbonyl (C=O) groups is 3. The van der Waals surface area contributed by atoms with Gasteiger partial charge in [0.1, 0.15) is 5.69 Å². The Morgan fingerprint density at radius 1 is 0.653 bits per heavy atom. The SMILES string of the molecule is COOn1c(C(=O)NCCCN(C)CCCCN(CCCNC(=O)c2cccc(=O)n2OOC)C(=O)c2cccc(=O)n2O)cccc1=O. The highest BCUT2D eigenvalue weighted by molar-refractivity contribution is 5.93. The van der Waals surface area contributed by atoms with E-state index in [4.69, 9.17) is 9.98 Å². The minimum atomic E-state index is -0.746. The number of nitrogens with one attached hydrogen (secondary N) is 2. The molecule has 0 unspecified atom stereocenters. The molecule has 3 N–H and O–H groups in total. The van der Waals surface area contributed by atoms with Crippen LogP contribution >= 0.6 is 0 Å². The number of unbranched alkanes of at least 4 members (excludes halogenated alkanes) is 1. The second kappa shape index (κ2) is 19.4. The number of rotatable bonds is 20. The molecule has 0 aliphatic rings. The molecule has 3 rings (SSSR count). The summed E-state index contributed by atoms with van der Waals surface area (Å²) in [6.07, 6.45) is 2.25. The van der Waals surface area contributed by atoms with Gasteiger partial charge in [-0.15, -0.1) is 14.2 Å². The van der Waals surface area contributed by atoms with Gasteiger partial charge in [0.25, 0.3) is 34.4 Å². The van der Waals surface area contributed by atoms with Crippen LogP contribution in [0.5, 0.6) is 0 Å². The van der Waals surface area contributed by atoms with Gasteiger partial charge < -0.3 is 25.6 Å². The first-order chi connectivity index (χ1) is 23.6. The van der Waals surface area contributed by atoms with Gasteiger partial charge in [-0.25, -0.2) is 9.98 Å². The van der Waals surface area contributed by atoms with E-state index in [-0.39, 0.29) is 30.2 Å². The lowest BCUT2D eigenvalue weighted by Crippen LogP contribution is -2.39. The Bertz CT molecular complexity index is 1740. The summed E-state index contributed by atoms with van der Waals surface area (Å²) in [5, 5.41) is 15.6. The molecule has 0 aliphatic heterocycles. The molecule has 0 radical (unpaired) electrons. The van der Waals surface area contributed by atoms with Crippen molar-refractivity contribution in [3.63, 3.8) is 0 Å². The summed E-state index contributed by atoms with van der Waals surface area (Å²) in [4.78, 5) is 96.6. The van der Waals surface area contributed by atoms with Gasteiger partial charge in [0.2, 0.25) is 0 Å². The van der Waals surface area contributed by atoms with Crippen LogP contribution in [0.3, 0.4) is 0 Å². The molecule has 49 heavy (non-hydrogen) atoms. The van der Waals surface area contributed by atoms with Crippen molar-refractivity contribution in [2.75, 3.05) is 60.5 Å². The predicted octanol–water partition coefficient (Wildman–Crippen LogP) is -0.817. The Labute approximate surface area is 280 Å². The van der Waals surface area contributed by atoms with E-state index in [2.05, 4.69) is 25.3 Å². The van der Waals surface area contributed by atoms with Crippen LogP contribution in [0.15, 0.2) is 69.0 Å². The van der Waals surface area contributed by atoms with Crippen LogP contribution in [0.1, 0.15) is 57.1 Å². The zero-order valence-corrected chi connectivity index (χ0v) is 27.5. The third-order valence-electron chi connectivity index (χ3n) is 7.13. The van der Waals surface area contributed by atoms with Crippen molar-refractivity contribution < 1.29 is 39.3 Å². The van der Waals surface area contributed by atoms with Gasteiger partial charge in [0, 0.05) is 44.4 Å². The predicted molar refractivity (Wildman–Crippen MR) is 173 cm³/mol. The third-order valence-corrected chi connectivity index (χ3v) is 7.13. The molecule has 0 aliphatic carbocycles. The number of amides is 3. The molecule has 0 spiro atoms. The van der Waals surface area contributed by atoms with E-state index in [0.29, 0.717) is 61.3 Å². The molecule has 18 nitrogen and oxygen atoms in total. The molecule has 0 saturated heterocycles. The summed E-state index contributed by atoms with van der Waals surface area (Å²) >= 11 is 0. The maximum Gasteiger partial charge on any atom is 0.286 e. The van der Waals surface area contributed by atoms with Crippen molar-refractivity contribution in [1.82, 2.24) is 34.6 Å². The summed E-state index contributed by atoms with van der Waals surface area (Å²) in [6, 6.07) is 12.0. The van der Waals surface area contributed by atoms with E-state index in [1.54, 1.807) is 0 Å². The summed E-state index contributed by atoms with van der Waals surface area (Å²) in [5.74, 6) is -1.64. The number of carbonyl (C=O) groups excluding carboxylic acids is 3. The quantitative estimate of drug-likeness (QED) is 0.0577. The first-order valence-electron chi connectivity index (χ1n) is 15.4. The fourth-order valence-electron chi connectivity index (χ4n) is 4.71. The monoisotopic (exact) mass is 687 g/mol. The lowest BCUT2D eigenvalue weighted by molar-refractivity contribution is -0.274. The van der Waals surface area contributed by atoms with E-state index in [9.17, 15) is 34.0 Å². The summed E-state index contributed by atoms with van der Waals surface area (Å²) in [7, 11) is 4.34. The number of hydrogen-bond acceptors (Lipinski definition) is 12. The van der Waals surface area contributed by atoms with Gasteiger partial charge in [-0.1, -0.05) is 18.2 Å². The fourth-order valence-corrected chi connectivity index (χ4v) is 4.71. The average molecular weight is 688 g/mol. The molecule has 3 aromatic rings. The first kappa shape index (κ1) is 38.0. The van der Waals surface area contributed by atoms with Crippen LogP contribution in [0.2, 0.25) is 0 Å². The van der Waals surface area contributed by atoms with Crippen LogP contribution in [0, 0.1) is 0 Å². The Morgan fingerprint density at radius 3 is 1.61 bits per heavy atom. The fraction of sp³-hybridized carbons (Fsp3) is 0.419. The molecule has 0 atom stereocenters. The van der Waals surface area contributed by atoms with Crippen LogP contribution in [0.25, 0.3) is 0 Å². The Kier molecular flexibility index (Phi) is 15.0. The standard InChI is InChI=1S/C31H41N7O11/c1-34(20-9-17-32-29(42)23-11-6-15-27(40)37(23)48-46-2)19-4-5-21-35(31(44)25-13-8-14-26(39)36(25)45)22-10-18-33-30(43)24-12-7-16-28(41)38(24)49-47-3/h6-8,11-16,45H,4-5,9-10,17-22H2,1-3H3,(H,32,42)(H,33,43). The van der Waals surface area contributed by atoms with Gasteiger partial charge >= 0.3 is 0 Å². The highest BCUT2D eigenvalue weighted by Gasteiger charge is 2.20. The lowest BCUT2D eigenvalue weighted by Gasteiger charge is -2.24. The Balaban J connectivity index is 1.48. The maximum atomic E-state index is 13.3. The van der Waals surface area contributed by atoms with E-state index in [1.807, 2.05) is 7.05 Å². The number of nitrogens with zero attached hydrogens (tertiary/aromatic N) is 5. The van der Waals surface area contributed by atoms with Crippen molar-refractivity contribution in [1.29, 1.82) is 0 Å². The molecule has 0 bridgehead atoms. The Hall–Kier alpha value is -5.46. The highest BCUT2D eigenvalue weighted by Crippen LogP contribution is 2.07. The summed E-state index contributed by atoms with van der Waals surface area (Å²) in [6.45, 7) is 2.33. The minimum absolute atomic E-state index is 0.00302. The second-order valence-corrected chi connectivity index (χ2v) is 10.7. The molecule has 3 heterocycles. The summed E-state index contributed by atoms with van der Waals surface area (Å²) < 4.78 is 1.76. The van der Waals surface area contributed by atoms with Gasteiger partial charge in [-0.3, -0.25) is 28.8 Å². The van der Waals surface area contributed by atoms with Crippen molar-refractivity contribution in [3.05, 3.63) is 103 Å². The Morgan fingerprint density at radius 2 is 1.08 bits per heavy atom. The van der Waals surface area contributed by atoms with Gasteiger partial charge in [-0.2, -0.15) is 9.78 Å². The molecular weight excluding hydrogens is 646 g/mol. The molecule has 3 aromatic heterocycles. The van der Waals surface area contributed by atoms with Gasteiger partial charge in [0.05, 0.1) is 14.2 Å². The van der Waals surface area contributed by atoms with Gasteiger partial charge in [0.15, 0.2) is 11.4 Å². The third kappa shape index (κ3) is 11.1. The molecule has 266 valence electrons. The zero-order valence-electron chi connectivity index (χ0n) is 27.5. The summed E-state index contributed by atoms with van der Waals surface area (Å²) in [5.41, 5.74) is -2.18. The van der Waals surface area contributed by atoms with Crippen molar-refractivity contribution in [2.24, 2.45) is 0 Å². The van der Waals surface area contributed by atoms with Crippen LogP contribution < -0.4 is 37.3 Å². The number of aromatic nitrogens is 3.